The molecule has 1 amide bonds. The van der Waals surface area contributed by atoms with Crippen LogP contribution >= 0.6 is 15.9 Å². The molecule has 6 nitrogen and oxygen atoms in total. The van der Waals surface area contributed by atoms with Gasteiger partial charge in [-0.1, -0.05) is 22.0 Å². The van der Waals surface area contributed by atoms with Crippen molar-refractivity contribution in [2.24, 2.45) is 0 Å². The van der Waals surface area contributed by atoms with Crippen molar-refractivity contribution in [3.8, 4) is 0 Å². The molecule has 0 fully saturated rings. The number of carbonyl (C=O) groups excluding carboxylic acids is 1. The summed E-state index contributed by atoms with van der Waals surface area (Å²) in [6, 6.07) is 8.96. The Labute approximate surface area is 165 Å². The molecular weight excluding hydrogens is 419 g/mol. The number of hydrogen-bond donors (Lipinski definition) is 2. The van der Waals surface area contributed by atoms with E-state index in [9.17, 15) is 19.1 Å². The molecule has 0 bridgehead atoms. The first-order valence-corrected chi connectivity index (χ1v) is 8.93. The Morgan fingerprint density at radius 3 is 2.63 bits per heavy atom. The maximum Gasteiger partial charge on any atom is 0.335 e. The lowest BCUT2D eigenvalue weighted by molar-refractivity contribution is -0.117. The fourth-order valence-electron chi connectivity index (χ4n) is 2.47. The molecule has 0 radical (unpaired) electrons. The molecule has 27 heavy (non-hydrogen) atoms. The average molecular weight is 439 g/mol. The van der Waals surface area contributed by atoms with Gasteiger partial charge in [0.15, 0.2) is 0 Å². The molecule has 0 atom stereocenters. The van der Waals surface area contributed by atoms with Crippen LogP contribution in [0.15, 0.2) is 40.9 Å². The lowest BCUT2D eigenvalue weighted by atomic mass is 10.1. The van der Waals surface area contributed by atoms with Crippen LogP contribution in [0.5, 0.6) is 0 Å². The number of likely N-dealkylation sites (N-methyl/N-ethyl adjacent to an activating group) is 1. The molecule has 2 aromatic carbocycles. The zero-order chi connectivity index (χ0) is 20.0. The first-order valence-electron chi connectivity index (χ1n) is 8.14. The molecule has 144 valence electrons. The van der Waals surface area contributed by atoms with Gasteiger partial charge in [0.25, 0.3) is 0 Å². The second kappa shape index (κ2) is 9.48. The van der Waals surface area contributed by atoms with Crippen LogP contribution in [0.1, 0.15) is 15.9 Å². The molecule has 0 saturated carbocycles. The van der Waals surface area contributed by atoms with Crippen LogP contribution < -0.4 is 10.2 Å². The van der Waals surface area contributed by atoms with E-state index >= 15 is 0 Å². The summed E-state index contributed by atoms with van der Waals surface area (Å²) in [6.07, 6.45) is -0.117. The number of benzene rings is 2. The van der Waals surface area contributed by atoms with Gasteiger partial charge < -0.3 is 20.1 Å². The Hall–Kier alpha value is -2.45. The highest BCUT2D eigenvalue weighted by Gasteiger charge is 2.18. The van der Waals surface area contributed by atoms with E-state index in [0.717, 1.165) is 0 Å². The van der Waals surface area contributed by atoms with Crippen molar-refractivity contribution in [3.05, 3.63) is 57.8 Å². The van der Waals surface area contributed by atoms with E-state index in [0.29, 0.717) is 29.0 Å². The normalized spacial score (nSPS) is 10.5. The Balaban J connectivity index is 2.25. The molecule has 0 aliphatic rings. The van der Waals surface area contributed by atoms with Crippen LogP contribution in [0, 0.1) is 5.82 Å². The smallest absolute Gasteiger partial charge is 0.335 e. The van der Waals surface area contributed by atoms with Crippen molar-refractivity contribution in [1.29, 1.82) is 0 Å². The highest BCUT2D eigenvalue weighted by molar-refractivity contribution is 9.10. The van der Waals surface area contributed by atoms with E-state index in [1.807, 2.05) is 0 Å². The summed E-state index contributed by atoms with van der Waals surface area (Å²) in [4.78, 5) is 25.2. The van der Waals surface area contributed by atoms with Gasteiger partial charge in [-0.05, 0) is 35.9 Å². The van der Waals surface area contributed by atoms with E-state index in [1.165, 1.54) is 23.1 Å². The van der Waals surface area contributed by atoms with Crippen molar-refractivity contribution in [2.45, 2.75) is 6.42 Å². The van der Waals surface area contributed by atoms with Gasteiger partial charge in [-0.25, -0.2) is 9.18 Å². The van der Waals surface area contributed by atoms with E-state index in [-0.39, 0.29) is 23.5 Å². The largest absolute Gasteiger partial charge is 0.478 e. The molecule has 0 heterocycles. The van der Waals surface area contributed by atoms with Crippen molar-refractivity contribution >= 4 is 39.2 Å². The SMILES string of the molecule is COCCNc1cc(C(=O)O)ccc1N(C)C(=O)Cc1ccc(Br)cc1F. The fraction of sp³-hybridized carbons (Fsp3) is 0.263. The van der Waals surface area contributed by atoms with Crippen molar-refractivity contribution in [3.63, 3.8) is 0 Å². The minimum atomic E-state index is -1.07. The molecule has 8 heteroatoms. The van der Waals surface area contributed by atoms with Gasteiger partial charge >= 0.3 is 5.97 Å². The molecule has 2 aromatic rings. The third-order valence-electron chi connectivity index (χ3n) is 3.96. The van der Waals surface area contributed by atoms with Gasteiger partial charge in [-0.2, -0.15) is 0 Å². The number of halogens is 2. The number of ether oxygens (including phenoxy) is 1. The predicted octanol–water partition coefficient (Wildman–Crippen LogP) is 3.55. The van der Waals surface area contributed by atoms with Gasteiger partial charge in [-0.15, -0.1) is 0 Å². The summed E-state index contributed by atoms with van der Waals surface area (Å²) in [5, 5.41) is 12.3. The Bertz CT molecular complexity index is 844. The van der Waals surface area contributed by atoms with Gasteiger partial charge in [0.1, 0.15) is 5.82 Å². The number of aromatic carboxylic acids is 1. The van der Waals surface area contributed by atoms with Crippen LogP contribution in [0.25, 0.3) is 0 Å². The Morgan fingerprint density at radius 1 is 1.26 bits per heavy atom. The summed E-state index contributed by atoms with van der Waals surface area (Å²) in [7, 11) is 3.12. The maximum atomic E-state index is 14.0. The zero-order valence-electron chi connectivity index (χ0n) is 15.0. The van der Waals surface area contributed by atoms with Crippen molar-refractivity contribution in [2.75, 3.05) is 37.5 Å². The number of carboxylic acid groups (broad SMARTS) is 1. The van der Waals surface area contributed by atoms with E-state index in [2.05, 4.69) is 21.2 Å². The molecule has 2 N–H and O–H groups in total. The number of nitrogens with one attached hydrogen (secondary N) is 1. The molecular formula is C19H20BrFN2O4. The van der Waals surface area contributed by atoms with Gasteiger partial charge in [0.05, 0.1) is 30.0 Å². The topological polar surface area (TPSA) is 78.9 Å². The van der Waals surface area contributed by atoms with Crippen molar-refractivity contribution < 1.29 is 23.8 Å². The van der Waals surface area contributed by atoms with Crippen LogP contribution in [0.2, 0.25) is 0 Å². The molecule has 2 rings (SSSR count). The first kappa shape index (κ1) is 20.9. The monoisotopic (exact) mass is 438 g/mol. The van der Waals surface area contributed by atoms with Crippen LogP contribution in [0.3, 0.4) is 0 Å². The number of amides is 1. The van der Waals surface area contributed by atoms with Crippen LogP contribution in [0.4, 0.5) is 15.8 Å². The second-order valence-electron chi connectivity index (χ2n) is 5.82. The molecule has 0 aliphatic heterocycles. The number of anilines is 2. The number of nitrogens with zero attached hydrogens (tertiary/aromatic N) is 1. The van der Waals surface area contributed by atoms with Crippen LogP contribution in [-0.4, -0.2) is 44.3 Å². The predicted molar refractivity (Wildman–Crippen MR) is 105 cm³/mol. The van der Waals surface area contributed by atoms with Crippen molar-refractivity contribution in [1.82, 2.24) is 0 Å². The highest BCUT2D eigenvalue weighted by Crippen LogP contribution is 2.27. The summed E-state index contributed by atoms with van der Waals surface area (Å²) in [5.74, 6) is -1.86. The summed E-state index contributed by atoms with van der Waals surface area (Å²) < 4.78 is 19.6. The summed E-state index contributed by atoms with van der Waals surface area (Å²) in [6.45, 7) is 0.856. The number of methoxy groups -OCH3 is 1. The maximum absolute atomic E-state index is 14.0. The molecule has 0 aliphatic carbocycles. The summed E-state index contributed by atoms with van der Waals surface area (Å²) in [5.41, 5.74) is 1.36. The second-order valence-corrected chi connectivity index (χ2v) is 6.74. The average Bonchev–Trinajstić information content (AvgIpc) is 2.63. The van der Waals surface area contributed by atoms with E-state index in [1.54, 1.807) is 32.4 Å². The number of rotatable bonds is 8. The number of carbonyl (C=O) groups is 2. The Morgan fingerprint density at radius 2 is 2.00 bits per heavy atom. The first-order chi connectivity index (χ1) is 12.8. The quantitative estimate of drug-likeness (QED) is 0.616. The summed E-state index contributed by atoms with van der Waals surface area (Å²) >= 11 is 3.18. The standard InChI is InChI=1S/C19H20BrFN2O4/c1-23(18(24)10-12-3-5-14(20)11-15(12)21)17-6-4-13(19(25)26)9-16(17)22-7-8-27-2/h3-6,9,11,22H,7-8,10H2,1-2H3,(H,25,26). The molecule has 0 aromatic heterocycles. The lowest BCUT2D eigenvalue weighted by Crippen LogP contribution is -2.29. The third kappa shape index (κ3) is 5.51. The van der Waals surface area contributed by atoms with Crippen LogP contribution in [-0.2, 0) is 16.0 Å². The number of hydrogen-bond acceptors (Lipinski definition) is 4. The van der Waals surface area contributed by atoms with Gasteiger partial charge in [0.2, 0.25) is 5.91 Å². The molecule has 0 saturated heterocycles. The lowest BCUT2D eigenvalue weighted by Gasteiger charge is -2.22. The minimum absolute atomic E-state index is 0.0958. The van der Waals surface area contributed by atoms with Gasteiger partial charge in [-0.3, -0.25) is 4.79 Å². The minimum Gasteiger partial charge on any atom is -0.478 e. The van der Waals surface area contributed by atoms with E-state index in [4.69, 9.17) is 4.74 Å². The molecule has 0 unspecified atom stereocenters. The van der Waals surface area contributed by atoms with Gasteiger partial charge in [0, 0.05) is 25.2 Å². The Kier molecular flexibility index (Phi) is 7.32. The zero-order valence-corrected chi connectivity index (χ0v) is 16.5. The number of carboxylic acids is 1. The fourth-order valence-corrected chi connectivity index (χ4v) is 2.80. The molecule has 0 spiro atoms. The third-order valence-corrected chi connectivity index (χ3v) is 4.45. The highest BCUT2D eigenvalue weighted by atomic mass is 79.9. The van der Waals surface area contributed by atoms with E-state index < -0.39 is 11.8 Å².